The van der Waals surface area contributed by atoms with Gasteiger partial charge >= 0.3 is 5.97 Å². The quantitative estimate of drug-likeness (QED) is 0.0530. The summed E-state index contributed by atoms with van der Waals surface area (Å²) in [5, 5.41) is 25.4. The first-order valence-electron chi connectivity index (χ1n) is 20.7. The SMILES string of the molecule is CC(C)C[C@H](NC(=O)[C@@H](N)CCCCN)C(=O)N[C@H](C(=O)N[C@@H](Cc1ccccc1)C(=O)N[C@@H](Cc1ccccc1)C(=O)N[C@@H](C)C(=O)N[C@@H](CCC(N)=O)C(=O)O)C(C)C. The van der Waals surface area contributed by atoms with Gasteiger partial charge in [-0.3, -0.25) is 33.6 Å². The zero-order chi connectivity index (χ0) is 45.6. The van der Waals surface area contributed by atoms with E-state index in [-0.39, 0.29) is 38.0 Å². The third kappa shape index (κ3) is 18.9. The van der Waals surface area contributed by atoms with Crippen molar-refractivity contribution in [2.24, 2.45) is 29.0 Å². The predicted octanol–water partition coefficient (Wildman–Crippen LogP) is -0.0910. The highest BCUT2D eigenvalue weighted by molar-refractivity contribution is 5.97. The number of nitrogens with one attached hydrogen (secondary N) is 6. The Balaban J connectivity index is 2.37. The van der Waals surface area contributed by atoms with Crippen LogP contribution in [0.5, 0.6) is 0 Å². The molecule has 0 bridgehead atoms. The Morgan fingerprint density at radius 3 is 1.52 bits per heavy atom. The Morgan fingerprint density at radius 1 is 0.574 bits per heavy atom. The van der Waals surface area contributed by atoms with Gasteiger partial charge in [-0.25, -0.2) is 4.79 Å². The molecule has 18 nitrogen and oxygen atoms in total. The summed E-state index contributed by atoms with van der Waals surface area (Å²) >= 11 is 0. The van der Waals surface area contributed by atoms with E-state index in [0.29, 0.717) is 36.9 Å². The number of primary amides is 1. The van der Waals surface area contributed by atoms with Gasteiger partial charge < -0.3 is 54.2 Å². The van der Waals surface area contributed by atoms with Crippen LogP contribution in [0.4, 0.5) is 0 Å². The number of amides is 7. The smallest absolute Gasteiger partial charge is 0.326 e. The summed E-state index contributed by atoms with van der Waals surface area (Å²) in [6.45, 7) is 9.00. The van der Waals surface area contributed by atoms with Gasteiger partial charge in [0.2, 0.25) is 41.4 Å². The molecule has 0 spiro atoms. The van der Waals surface area contributed by atoms with Crippen LogP contribution in [0.25, 0.3) is 0 Å². The van der Waals surface area contributed by atoms with Crippen LogP contribution >= 0.6 is 0 Å². The highest BCUT2D eigenvalue weighted by Crippen LogP contribution is 2.12. The molecule has 0 aliphatic heterocycles. The number of hydrogen-bond donors (Lipinski definition) is 10. The lowest BCUT2D eigenvalue weighted by molar-refractivity contribution is -0.142. The third-order valence-electron chi connectivity index (χ3n) is 9.77. The molecule has 7 atom stereocenters. The fourth-order valence-electron chi connectivity index (χ4n) is 6.28. The second-order valence-electron chi connectivity index (χ2n) is 15.9. The lowest BCUT2D eigenvalue weighted by Crippen LogP contribution is -2.61. The monoisotopic (exact) mass is 851 g/mol. The number of hydrogen-bond acceptors (Lipinski definition) is 10. The zero-order valence-electron chi connectivity index (χ0n) is 35.8. The summed E-state index contributed by atoms with van der Waals surface area (Å²) in [6, 6.07) is 9.29. The van der Waals surface area contributed by atoms with E-state index >= 15 is 0 Å². The minimum absolute atomic E-state index is 0.00832. The molecule has 2 aromatic carbocycles. The molecule has 0 heterocycles. The van der Waals surface area contributed by atoms with Gasteiger partial charge in [0.05, 0.1) is 6.04 Å². The van der Waals surface area contributed by atoms with Crippen LogP contribution in [0.1, 0.15) is 84.3 Å². The number of carbonyl (C=O) groups is 8. The van der Waals surface area contributed by atoms with E-state index in [1.54, 1.807) is 74.5 Å². The number of nitrogens with two attached hydrogens (primary N) is 3. The van der Waals surface area contributed by atoms with Crippen LogP contribution in [-0.4, -0.2) is 101 Å². The standard InChI is InChI=1S/C43H65N9O9/c1-25(2)22-32(49-38(55)30(45)18-12-13-21-44)41(58)52-36(26(3)4)42(59)51-34(24-29-16-10-7-11-17-29)40(57)50-33(23-28-14-8-6-9-15-28)39(56)47-27(5)37(54)48-31(43(60)61)19-20-35(46)53/h6-11,14-17,25-27,30-34,36H,12-13,18-24,44-45H2,1-5H3,(H2,46,53)(H,47,56)(H,48,54)(H,49,55)(H,50,57)(H,51,59)(H,52,58)(H,60,61)/t27-,30-,31-,32-,33-,34-,36-/m0/s1. The lowest BCUT2D eigenvalue weighted by atomic mass is 9.98. The maximum atomic E-state index is 14.2. The van der Waals surface area contributed by atoms with E-state index in [9.17, 15) is 43.5 Å². The molecular formula is C43H65N9O9. The maximum absolute atomic E-state index is 14.2. The topological polar surface area (TPSA) is 307 Å². The molecule has 0 aromatic heterocycles. The number of carbonyl (C=O) groups excluding carboxylic acids is 7. The van der Waals surface area contributed by atoms with Crippen molar-refractivity contribution in [3.05, 3.63) is 71.8 Å². The number of aliphatic carboxylic acids is 1. The number of benzene rings is 2. The van der Waals surface area contributed by atoms with Gasteiger partial charge in [0.25, 0.3) is 0 Å². The second kappa shape index (κ2) is 26.4. The van der Waals surface area contributed by atoms with E-state index in [1.165, 1.54) is 6.92 Å². The molecule has 2 rings (SSSR count). The normalized spacial score (nSPS) is 14.6. The van der Waals surface area contributed by atoms with E-state index in [1.807, 2.05) is 13.8 Å². The molecule has 0 aliphatic rings. The fourth-order valence-corrected chi connectivity index (χ4v) is 6.28. The minimum Gasteiger partial charge on any atom is -0.480 e. The molecule has 0 saturated carbocycles. The molecule has 0 radical (unpaired) electrons. The van der Waals surface area contributed by atoms with Gasteiger partial charge in [-0.05, 0) is 62.1 Å². The summed E-state index contributed by atoms with van der Waals surface area (Å²) in [5.74, 6) is -6.81. The number of carboxylic acids is 1. The number of rotatable bonds is 27. The number of unbranched alkanes of at least 4 members (excludes halogenated alkanes) is 1. The third-order valence-corrected chi connectivity index (χ3v) is 9.77. The predicted molar refractivity (Wildman–Crippen MR) is 229 cm³/mol. The lowest BCUT2D eigenvalue weighted by Gasteiger charge is -2.29. The zero-order valence-corrected chi connectivity index (χ0v) is 35.8. The van der Waals surface area contributed by atoms with Gasteiger partial charge in [-0.1, -0.05) is 94.8 Å². The van der Waals surface area contributed by atoms with Crippen LogP contribution in [0.15, 0.2) is 60.7 Å². The van der Waals surface area contributed by atoms with E-state index in [2.05, 4.69) is 31.9 Å². The van der Waals surface area contributed by atoms with Gasteiger partial charge in [0.1, 0.15) is 36.3 Å². The first-order valence-corrected chi connectivity index (χ1v) is 20.7. The Kier molecular flexibility index (Phi) is 22.1. The Morgan fingerprint density at radius 2 is 1.05 bits per heavy atom. The van der Waals surface area contributed by atoms with Crippen molar-refractivity contribution in [2.75, 3.05) is 6.54 Å². The molecule has 336 valence electrons. The largest absolute Gasteiger partial charge is 0.480 e. The molecule has 2 aromatic rings. The highest BCUT2D eigenvalue weighted by Gasteiger charge is 2.34. The van der Waals surface area contributed by atoms with Crippen molar-refractivity contribution in [2.45, 2.75) is 128 Å². The van der Waals surface area contributed by atoms with Crippen LogP contribution in [0.3, 0.4) is 0 Å². The van der Waals surface area contributed by atoms with Crippen molar-refractivity contribution in [1.82, 2.24) is 31.9 Å². The van der Waals surface area contributed by atoms with Crippen molar-refractivity contribution < 1.29 is 43.5 Å². The summed E-state index contributed by atoms with van der Waals surface area (Å²) in [6.07, 6.45) is 1.39. The molecule has 7 amide bonds. The molecule has 0 saturated heterocycles. The average molecular weight is 852 g/mol. The first kappa shape index (κ1) is 51.3. The molecule has 61 heavy (non-hydrogen) atoms. The Labute approximate surface area is 357 Å². The van der Waals surface area contributed by atoms with Crippen LogP contribution < -0.4 is 49.1 Å². The van der Waals surface area contributed by atoms with Crippen molar-refractivity contribution in [3.63, 3.8) is 0 Å². The summed E-state index contributed by atoms with van der Waals surface area (Å²) in [7, 11) is 0. The van der Waals surface area contributed by atoms with Crippen molar-refractivity contribution in [1.29, 1.82) is 0 Å². The summed E-state index contributed by atoms with van der Waals surface area (Å²) in [4.78, 5) is 105. The van der Waals surface area contributed by atoms with Gasteiger partial charge in [0.15, 0.2) is 0 Å². The second-order valence-corrected chi connectivity index (χ2v) is 15.9. The summed E-state index contributed by atoms with van der Waals surface area (Å²) < 4.78 is 0. The van der Waals surface area contributed by atoms with Crippen molar-refractivity contribution in [3.8, 4) is 0 Å². The highest BCUT2D eigenvalue weighted by atomic mass is 16.4. The van der Waals surface area contributed by atoms with Gasteiger partial charge in [-0.15, -0.1) is 0 Å². The summed E-state index contributed by atoms with van der Waals surface area (Å²) in [5.41, 5.74) is 18.1. The van der Waals surface area contributed by atoms with Gasteiger partial charge in [-0.2, -0.15) is 0 Å². The first-order chi connectivity index (χ1) is 28.8. The van der Waals surface area contributed by atoms with E-state index < -0.39 is 95.5 Å². The van der Waals surface area contributed by atoms with E-state index in [4.69, 9.17) is 17.2 Å². The molecule has 0 fully saturated rings. The van der Waals surface area contributed by atoms with E-state index in [0.717, 1.165) is 0 Å². The van der Waals surface area contributed by atoms with Crippen LogP contribution in [0, 0.1) is 11.8 Å². The molecule has 0 unspecified atom stereocenters. The van der Waals surface area contributed by atoms with Crippen molar-refractivity contribution >= 4 is 47.3 Å². The molecule has 13 N–H and O–H groups in total. The van der Waals surface area contributed by atoms with Gasteiger partial charge in [0, 0.05) is 19.3 Å². The number of carboxylic acid groups (broad SMARTS) is 1. The molecular weight excluding hydrogens is 787 g/mol. The Bertz CT molecular complexity index is 1760. The fraction of sp³-hybridized carbons (Fsp3) is 0.535. The minimum atomic E-state index is -1.45. The average Bonchev–Trinajstić information content (AvgIpc) is 3.20. The van der Waals surface area contributed by atoms with Crippen LogP contribution in [-0.2, 0) is 51.2 Å². The molecule has 0 aliphatic carbocycles. The molecule has 18 heteroatoms. The maximum Gasteiger partial charge on any atom is 0.326 e. The van der Waals surface area contributed by atoms with Crippen LogP contribution in [0.2, 0.25) is 0 Å². The Hall–Kier alpha value is -5.88.